The molecule has 0 aliphatic carbocycles. The topological polar surface area (TPSA) is 12.5 Å². The van der Waals surface area contributed by atoms with E-state index in [1.165, 1.54) is 0 Å². The highest BCUT2D eigenvalue weighted by Crippen LogP contribution is 2.53. The van der Waals surface area contributed by atoms with E-state index in [4.69, 9.17) is 27.9 Å². The lowest BCUT2D eigenvalue weighted by atomic mass is 10.1. The van der Waals surface area contributed by atoms with Crippen LogP contribution in [-0.4, -0.2) is 0 Å². The number of halogens is 2. The predicted molar refractivity (Wildman–Crippen MR) is 91.2 cm³/mol. The summed E-state index contributed by atoms with van der Waals surface area (Å²) in [4.78, 5) is 2.09. The van der Waals surface area contributed by atoms with Gasteiger partial charge in [0.15, 0.2) is 11.5 Å². The Hall–Kier alpha value is -2.16. The molecule has 0 saturated carbocycles. The molecule has 0 N–H and O–H groups in total. The van der Waals surface area contributed by atoms with Gasteiger partial charge in [0.05, 0.1) is 10.7 Å². The van der Waals surface area contributed by atoms with E-state index in [0.29, 0.717) is 15.8 Å². The molecule has 3 aromatic carbocycles. The number of anilines is 3. The van der Waals surface area contributed by atoms with E-state index in [2.05, 4.69) is 4.90 Å². The second-order valence-electron chi connectivity index (χ2n) is 4.98. The summed E-state index contributed by atoms with van der Waals surface area (Å²) in [7, 11) is 0. The molecule has 1 aliphatic heterocycles. The van der Waals surface area contributed by atoms with Gasteiger partial charge in [-0.15, -0.1) is 0 Å². The van der Waals surface area contributed by atoms with Crippen molar-refractivity contribution in [2.75, 3.05) is 4.90 Å². The van der Waals surface area contributed by atoms with Crippen molar-refractivity contribution in [3.63, 3.8) is 0 Å². The maximum Gasteiger partial charge on any atom is 0.154 e. The number of hydrogen-bond acceptors (Lipinski definition) is 2. The number of para-hydroxylation sites is 3. The van der Waals surface area contributed by atoms with Gasteiger partial charge in [-0.2, -0.15) is 0 Å². The largest absolute Gasteiger partial charge is 0.453 e. The highest BCUT2D eigenvalue weighted by molar-refractivity contribution is 6.37. The molecule has 1 heterocycles. The van der Waals surface area contributed by atoms with Gasteiger partial charge in [0.25, 0.3) is 0 Å². The van der Waals surface area contributed by atoms with Crippen molar-refractivity contribution in [1.29, 1.82) is 0 Å². The molecule has 1 aliphatic rings. The summed E-state index contributed by atoms with van der Waals surface area (Å²) < 4.78 is 5.98. The molecule has 0 radical (unpaired) electrons. The van der Waals surface area contributed by atoms with Crippen LogP contribution in [0.5, 0.6) is 11.5 Å². The molecule has 4 heteroatoms. The van der Waals surface area contributed by atoms with Crippen LogP contribution in [0.4, 0.5) is 17.1 Å². The summed E-state index contributed by atoms with van der Waals surface area (Å²) in [5.41, 5.74) is 2.77. The van der Waals surface area contributed by atoms with E-state index in [-0.39, 0.29) is 0 Å². The van der Waals surface area contributed by atoms with Crippen molar-refractivity contribution in [2.45, 2.75) is 0 Å². The van der Waals surface area contributed by atoms with Gasteiger partial charge in [0.1, 0.15) is 5.69 Å². The molecule has 0 unspecified atom stereocenters. The fraction of sp³-hybridized carbons (Fsp3) is 0. The van der Waals surface area contributed by atoms with Crippen LogP contribution >= 0.6 is 23.2 Å². The molecule has 0 atom stereocenters. The molecule has 4 rings (SSSR count). The first-order chi connectivity index (χ1) is 10.7. The van der Waals surface area contributed by atoms with Crippen LogP contribution in [0.1, 0.15) is 0 Å². The lowest BCUT2D eigenvalue weighted by Crippen LogP contribution is -2.16. The van der Waals surface area contributed by atoms with E-state index in [1.807, 2.05) is 54.6 Å². The quantitative estimate of drug-likeness (QED) is 0.392. The lowest BCUT2D eigenvalue weighted by molar-refractivity contribution is 0.477. The summed E-state index contributed by atoms with van der Waals surface area (Å²) in [6, 6.07) is 21.4. The van der Waals surface area contributed by atoms with Crippen molar-refractivity contribution in [3.05, 3.63) is 76.8 Å². The smallest absolute Gasteiger partial charge is 0.154 e. The fourth-order valence-corrected chi connectivity index (χ4v) is 3.21. The monoisotopic (exact) mass is 327 g/mol. The minimum atomic E-state index is 0.552. The van der Waals surface area contributed by atoms with E-state index < -0.39 is 0 Å². The van der Waals surface area contributed by atoms with Crippen LogP contribution < -0.4 is 9.64 Å². The molecule has 0 aromatic heterocycles. The first kappa shape index (κ1) is 13.5. The Morgan fingerprint density at radius 1 is 0.773 bits per heavy atom. The molecule has 2 nitrogen and oxygen atoms in total. The van der Waals surface area contributed by atoms with Crippen molar-refractivity contribution in [2.24, 2.45) is 0 Å². The third kappa shape index (κ3) is 2.12. The van der Waals surface area contributed by atoms with Gasteiger partial charge in [-0.25, -0.2) is 0 Å². The van der Waals surface area contributed by atoms with Gasteiger partial charge in [-0.1, -0.05) is 53.5 Å². The summed E-state index contributed by atoms with van der Waals surface area (Å²) in [6.45, 7) is 0. The molecular formula is C18H11Cl2NO. The van der Waals surface area contributed by atoms with Gasteiger partial charge in [-0.05, 0) is 30.3 Å². The minimum absolute atomic E-state index is 0.552. The van der Waals surface area contributed by atoms with E-state index in [9.17, 15) is 0 Å². The second kappa shape index (κ2) is 5.24. The number of rotatable bonds is 1. The Kier molecular flexibility index (Phi) is 3.21. The Morgan fingerprint density at radius 3 is 2.32 bits per heavy atom. The minimum Gasteiger partial charge on any atom is -0.453 e. The summed E-state index contributed by atoms with van der Waals surface area (Å²) >= 11 is 12.6. The SMILES string of the molecule is Clc1cc(Cl)c2c(c1)Oc1ccccc1N2c1ccccc1. The number of fused-ring (bicyclic) bond motifs is 2. The number of hydrogen-bond donors (Lipinski definition) is 0. The number of benzene rings is 3. The highest BCUT2D eigenvalue weighted by atomic mass is 35.5. The lowest BCUT2D eigenvalue weighted by Gasteiger charge is -2.33. The third-order valence-corrected chi connectivity index (χ3v) is 4.06. The molecule has 0 amide bonds. The van der Waals surface area contributed by atoms with Gasteiger partial charge in [-0.3, -0.25) is 0 Å². The fourth-order valence-electron chi connectivity index (χ4n) is 2.65. The third-order valence-electron chi connectivity index (χ3n) is 3.56. The number of ether oxygens (including phenoxy) is 1. The van der Waals surface area contributed by atoms with Crippen molar-refractivity contribution >= 4 is 40.3 Å². The van der Waals surface area contributed by atoms with Crippen LogP contribution in [0.2, 0.25) is 10.0 Å². The number of nitrogens with zero attached hydrogens (tertiary/aromatic N) is 1. The van der Waals surface area contributed by atoms with Gasteiger partial charge in [0.2, 0.25) is 0 Å². The van der Waals surface area contributed by atoms with Gasteiger partial charge < -0.3 is 9.64 Å². The summed E-state index contributed by atoms with van der Waals surface area (Å²) in [6.07, 6.45) is 0. The molecule has 0 saturated heterocycles. The maximum atomic E-state index is 6.45. The van der Waals surface area contributed by atoms with Crippen molar-refractivity contribution < 1.29 is 4.74 Å². The molecule has 3 aromatic rings. The van der Waals surface area contributed by atoms with Crippen molar-refractivity contribution in [1.82, 2.24) is 0 Å². The zero-order valence-electron chi connectivity index (χ0n) is 11.5. The van der Waals surface area contributed by atoms with E-state index in [0.717, 1.165) is 22.8 Å². The average molecular weight is 328 g/mol. The van der Waals surface area contributed by atoms with E-state index >= 15 is 0 Å². The molecule has 22 heavy (non-hydrogen) atoms. The Labute approximate surface area is 138 Å². The van der Waals surface area contributed by atoms with Crippen LogP contribution in [0.25, 0.3) is 0 Å². The maximum absolute atomic E-state index is 6.45. The van der Waals surface area contributed by atoms with Crippen LogP contribution in [-0.2, 0) is 0 Å². The second-order valence-corrected chi connectivity index (χ2v) is 5.82. The zero-order valence-corrected chi connectivity index (χ0v) is 13.0. The van der Waals surface area contributed by atoms with Crippen molar-refractivity contribution in [3.8, 4) is 11.5 Å². The Balaban J connectivity index is 2.01. The van der Waals surface area contributed by atoms with Crippen LogP contribution in [0, 0.1) is 0 Å². The van der Waals surface area contributed by atoms with E-state index in [1.54, 1.807) is 12.1 Å². The van der Waals surface area contributed by atoms with Crippen LogP contribution in [0.3, 0.4) is 0 Å². The molecule has 0 spiro atoms. The highest BCUT2D eigenvalue weighted by Gasteiger charge is 2.28. The molecular weight excluding hydrogens is 317 g/mol. The molecule has 108 valence electrons. The first-order valence-corrected chi connectivity index (χ1v) is 7.61. The van der Waals surface area contributed by atoms with Gasteiger partial charge in [0, 0.05) is 16.8 Å². The molecule has 0 bridgehead atoms. The zero-order chi connectivity index (χ0) is 15.1. The van der Waals surface area contributed by atoms with Gasteiger partial charge >= 0.3 is 0 Å². The first-order valence-electron chi connectivity index (χ1n) is 6.85. The summed E-state index contributed by atoms with van der Waals surface area (Å²) in [5, 5.41) is 1.11. The standard InChI is InChI=1S/C18H11Cl2NO/c19-12-10-14(20)18-17(11-12)22-16-9-5-4-8-15(16)21(18)13-6-2-1-3-7-13/h1-11H. The Bertz CT molecular complexity index is 849. The predicted octanol–water partition coefficient (Wildman–Crippen LogP) is 6.57. The Morgan fingerprint density at radius 2 is 1.50 bits per heavy atom. The normalized spacial score (nSPS) is 12.4. The summed E-state index contributed by atoms with van der Waals surface area (Å²) in [5.74, 6) is 1.43. The molecule has 0 fully saturated rings. The van der Waals surface area contributed by atoms with Crippen LogP contribution in [0.15, 0.2) is 66.7 Å². The average Bonchev–Trinajstić information content (AvgIpc) is 2.53.